The first kappa shape index (κ1) is 11.1. The summed E-state index contributed by atoms with van der Waals surface area (Å²) in [5.41, 5.74) is 2.14. The molecule has 3 rings (SSSR count). The van der Waals surface area contributed by atoms with E-state index in [0.717, 1.165) is 34.6 Å². The molecule has 18 heavy (non-hydrogen) atoms. The van der Waals surface area contributed by atoms with Crippen LogP contribution in [0, 0.1) is 0 Å². The molecule has 1 aliphatic rings. The third-order valence-corrected chi connectivity index (χ3v) is 3.31. The molecule has 4 heteroatoms. The molecule has 0 fully saturated rings. The second-order valence-corrected chi connectivity index (χ2v) is 4.64. The Kier molecular flexibility index (Phi) is 2.51. The molecule has 1 atom stereocenters. The second kappa shape index (κ2) is 4.05. The molecular weight excluding hydrogens is 228 g/mol. The average Bonchev–Trinajstić information content (AvgIpc) is 2.73. The number of fused-ring (bicyclic) bond motifs is 2. The van der Waals surface area contributed by atoms with Crippen molar-refractivity contribution in [3.05, 3.63) is 23.8 Å². The maximum absolute atomic E-state index is 5.42. The van der Waals surface area contributed by atoms with Crippen molar-refractivity contribution in [1.82, 2.24) is 4.98 Å². The van der Waals surface area contributed by atoms with Crippen LogP contribution in [0.1, 0.15) is 12.5 Å². The number of aromatic nitrogens is 1. The van der Waals surface area contributed by atoms with Crippen LogP contribution in [0.5, 0.6) is 11.5 Å². The van der Waals surface area contributed by atoms with Gasteiger partial charge in [-0.1, -0.05) is 0 Å². The highest BCUT2D eigenvalue weighted by Crippen LogP contribution is 2.34. The molecule has 1 aromatic carbocycles. The summed E-state index contributed by atoms with van der Waals surface area (Å²) in [5, 5.41) is 4.41. The standard InChI is InChI=1S/C14H16N2O2/c1-8-4-9-5-11-12(16-14(9)15-8)6-10(17-2)7-13(11)18-3/h5-8H,4H2,1-3H3,(H,15,16). The predicted molar refractivity (Wildman–Crippen MR) is 71.6 cm³/mol. The van der Waals surface area contributed by atoms with Gasteiger partial charge in [-0.3, -0.25) is 0 Å². The Morgan fingerprint density at radius 2 is 2.06 bits per heavy atom. The van der Waals surface area contributed by atoms with Gasteiger partial charge in [0.05, 0.1) is 19.7 Å². The molecule has 0 spiro atoms. The Labute approximate surface area is 106 Å². The minimum absolute atomic E-state index is 0.442. The number of ether oxygens (including phenoxy) is 2. The lowest BCUT2D eigenvalue weighted by atomic mass is 10.1. The highest BCUT2D eigenvalue weighted by Gasteiger charge is 2.20. The molecule has 0 saturated carbocycles. The number of pyridine rings is 1. The van der Waals surface area contributed by atoms with Crippen LogP contribution in [0.2, 0.25) is 0 Å². The molecule has 94 valence electrons. The van der Waals surface area contributed by atoms with Gasteiger partial charge in [0.25, 0.3) is 0 Å². The van der Waals surface area contributed by atoms with Crippen molar-refractivity contribution in [2.45, 2.75) is 19.4 Å². The van der Waals surface area contributed by atoms with Crippen LogP contribution in [0.25, 0.3) is 10.9 Å². The van der Waals surface area contributed by atoms with E-state index >= 15 is 0 Å². The largest absolute Gasteiger partial charge is 0.497 e. The van der Waals surface area contributed by atoms with Crippen LogP contribution >= 0.6 is 0 Å². The monoisotopic (exact) mass is 244 g/mol. The van der Waals surface area contributed by atoms with Crippen molar-refractivity contribution < 1.29 is 9.47 Å². The molecule has 4 nitrogen and oxygen atoms in total. The van der Waals surface area contributed by atoms with Gasteiger partial charge in [-0.05, 0) is 25.0 Å². The van der Waals surface area contributed by atoms with Crippen molar-refractivity contribution in [3.8, 4) is 11.5 Å². The third-order valence-electron chi connectivity index (χ3n) is 3.31. The minimum atomic E-state index is 0.442. The summed E-state index contributed by atoms with van der Waals surface area (Å²) in [6.45, 7) is 2.16. The van der Waals surface area contributed by atoms with Crippen LogP contribution in [0.15, 0.2) is 18.2 Å². The molecule has 1 unspecified atom stereocenters. The zero-order chi connectivity index (χ0) is 12.7. The molecule has 1 aliphatic heterocycles. The normalized spacial score (nSPS) is 17.4. The summed E-state index contributed by atoms with van der Waals surface area (Å²) < 4.78 is 10.7. The van der Waals surface area contributed by atoms with Crippen LogP contribution in [0.4, 0.5) is 5.82 Å². The Morgan fingerprint density at radius 1 is 1.22 bits per heavy atom. The van der Waals surface area contributed by atoms with E-state index in [4.69, 9.17) is 9.47 Å². The minimum Gasteiger partial charge on any atom is -0.497 e. The number of hydrogen-bond donors (Lipinski definition) is 1. The van der Waals surface area contributed by atoms with E-state index in [9.17, 15) is 0 Å². The topological polar surface area (TPSA) is 43.4 Å². The molecule has 1 N–H and O–H groups in total. The fourth-order valence-corrected chi connectivity index (χ4v) is 2.44. The molecule has 0 radical (unpaired) electrons. The number of nitrogens with zero attached hydrogens (tertiary/aromatic N) is 1. The maximum atomic E-state index is 5.42. The second-order valence-electron chi connectivity index (χ2n) is 4.64. The van der Waals surface area contributed by atoms with Crippen LogP contribution in [-0.2, 0) is 6.42 Å². The van der Waals surface area contributed by atoms with Crippen molar-refractivity contribution in [2.24, 2.45) is 0 Å². The lowest BCUT2D eigenvalue weighted by Gasteiger charge is -2.09. The maximum Gasteiger partial charge on any atom is 0.131 e. The van der Waals surface area contributed by atoms with Gasteiger partial charge >= 0.3 is 0 Å². The smallest absolute Gasteiger partial charge is 0.131 e. The predicted octanol–water partition coefficient (Wildman–Crippen LogP) is 2.61. The van der Waals surface area contributed by atoms with Gasteiger partial charge in [-0.2, -0.15) is 0 Å². The quantitative estimate of drug-likeness (QED) is 0.881. The molecular formula is C14H16N2O2. The SMILES string of the molecule is COc1cc(OC)c2cc3c(nc2c1)NC(C)C3. The molecule has 0 amide bonds. The van der Waals surface area contributed by atoms with Gasteiger partial charge in [0.1, 0.15) is 17.3 Å². The Balaban J connectivity index is 2.25. The van der Waals surface area contributed by atoms with Crippen LogP contribution in [0.3, 0.4) is 0 Å². The molecule has 0 aliphatic carbocycles. The van der Waals surface area contributed by atoms with Crippen LogP contribution in [-0.4, -0.2) is 25.2 Å². The summed E-state index contributed by atoms with van der Waals surface area (Å²) in [6, 6.07) is 6.43. The molecule has 1 aromatic heterocycles. The van der Waals surface area contributed by atoms with E-state index < -0.39 is 0 Å². The third kappa shape index (κ3) is 1.65. The number of benzene rings is 1. The van der Waals surface area contributed by atoms with E-state index in [2.05, 4.69) is 23.3 Å². The van der Waals surface area contributed by atoms with Crippen LogP contribution < -0.4 is 14.8 Å². The molecule has 0 bridgehead atoms. The summed E-state index contributed by atoms with van der Waals surface area (Å²) in [5.74, 6) is 2.54. The first-order chi connectivity index (χ1) is 8.71. The average molecular weight is 244 g/mol. The molecule has 2 heterocycles. The summed E-state index contributed by atoms with van der Waals surface area (Å²) in [4.78, 5) is 4.65. The van der Waals surface area contributed by atoms with E-state index in [1.807, 2.05) is 12.1 Å². The summed E-state index contributed by atoms with van der Waals surface area (Å²) in [7, 11) is 3.32. The lowest BCUT2D eigenvalue weighted by molar-refractivity contribution is 0.398. The van der Waals surface area contributed by atoms with Gasteiger partial charge in [0.2, 0.25) is 0 Å². The number of anilines is 1. The van der Waals surface area contributed by atoms with E-state index in [1.165, 1.54) is 5.56 Å². The van der Waals surface area contributed by atoms with E-state index in [-0.39, 0.29) is 0 Å². The number of methoxy groups -OCH3 is 2. The fraction of sp³-hybridized carbons (Fsp3) is 0.357. The number of rotatable bonds is 2. The highest BCUT2D eigenvalue weighted by molar-refractivity contribution is 5.89. The Hall–Kier alpha value is -1.97. The molecule has 2 aromatic rings. The van der Waals surface area contributed by atoms with Gasteiger partial charge in [-0.15, -0.1) is 0 Å². The summed E-state index contributed by atoms with van der Waals surface area (Å²) in [6.07, 6.45) is 1.01. The van der Waals surface area contributed by atoms with Crippen molar-refractivity contribution in [2.75, 3.05) is 19.5 Å². The van der Waals surface area contributed by atoms with E-state index in [0.29, 0.717) is 6.04 Å². The van der Waals surface area contributed by atoms with Crippen molar-refractivity contribution >= 4 is 16.7 Å². The first-order valence-electron chi connectivity index (χ1n) is 6.03. The van der Waals surface area contributed by atoms with Gasteiger partial charge in [0, 0.05) is 23.6 Å². The summed E-state index contributed by atoms with van der Waals surface area (Å²) >= 11 is 0. The highest BCUT2D eigenvalue weighted by atomic mass is 16.5. The number of nitrogens with one attached hydrogen (secondary N) is 1. The Bertz CT molecular complexity index is 610. The van der Waals surface area contributed by atoms with Crippen molar-refractivity contribution in [1.29, 1.82) is 0 Å². The first-order valence-corrected chi connectivity index (χ1v) is 6.03. The Morgan fingerprint density at radius 3 is 2.78 bits per heavy atom. The van der Waals surface area contributed by atoms with Gasteiger partial charge in [0.15, 0.2) is 0 Å². The van der Waals surface area contributed by atoms with Crippen molar-refractivity contribution in [3.63, 3.8) is 0 Å². The van der Waals surface area contributed by atoms with E-state index in [1.54, 1.807) is 14.2 Å². The molecule has 0 saturated heterocycles. The zero-order valence-electron chi connectivity index (χ0n) is 10.8. The van der Waals surface area contributed by atoms with Gasteiger partial charge in [-0.25, -0.2) is 4.98 Å². The lowest BCUT2D eigenvalue weighted by Crippen LogP contribution is -2.08. The number of hydrogen-bond acceptors (Lipinski definition) is 4. The fourth-order valence-electron chi connectivity index (χ4n) is 2.44. The van der Waals surface area contributed by atoms with Gasteiger partial charge < -0.3 is 14.8 Å². The zero-order valence-corrected chi connectivity index (χ0v) is 10.8.